The first-order valence-electron chi connectivity index (χ1n) is 14.2. The lowest BCUT2D eigenvalue weighted by atomic mass is 9.95. The summed E-state index contributed by atoms with van der Waals surface area (Å²) in [5.74, 6) is -2.59. The first kappa shape index (κ1) is 34.9. The maximum atomic E-state index is 12.9. The van der Waals surface area contributed by atoms with Crippen LogP contribution in [0.15, 0.2) is 0 Å². The highest BCUT2D eigenvalue weighted by Crippen LogP contribution is 2.20. The van der Waals surface area contributed by atoms with E-state index < -0.39 is 79.3 Å². The molecule has 226 valence electrons. The van der Waals surface area contributed by atoms with Crippen LogP contribution in [0, 0.1) is 5.92 Å². The Bertz CT molecular complexity index is 781. The van der Waals surface area contributed by atoms with Gasteiger partial charge in [0.05, 0.1) is 25.1 Å². The van der Waals surface area contributed by atoms with E-state index in [2.05, 4.69) is 22.9 Å². The highest BCUT2D eigenvalue weighted by molar-refractivity contribution is 5.95. The second-order valence-corrected chi connectivity index (χ2v) is 10.7. The number of ether oxygens (including phenoxy) is 1. The van der Waals surface area contributed by atoms with Gasteiger partial charge in [-0.2, -0.15) is 0 Å². The third-order valence-electron chi connectivity index (χ3n) is 6.92. The van der Waals surface area contributed by atoms with Crippen molar-refractivity contribution in [3.05, 3.63) is 0 Å². The standard InChI is InChI=1S/C27H50N4O8/c1-5-6-7-8-9-10-11-12-13-18(28)26(38)30-19(23(35)16(2)3)14-21(34)31-27-22(29-17(4)33)25(37)24(36)20(15-32)39-27/h16,18-20,22,24-25,27,32,36-37H,5-15,28H2,1-4H3,(H,29,33)(H,30,38)(H,31,34)/t18?,19?,20?,22?,24-,25-,27-/m1/s1. The normalized spacial score (nSPS) is 24.6. The van der Waals surface area contributed by atoms with Crippen molar-refractivity contribution in [1.82, 2.24) is 16.0 Å². The Hall–Kier alpha value is -2.12. The van der Waals surface area contributed by atoms with E-state index in [0.29, 0.717) is 6.42 Å². The van der Waals surface area contributed by atoms with Crippen LogP contribution in [-0.2, 0) is 23.9 Å². The van der Waals surface area contributed by atoms with Crippen molar-refractivity contribution in [2.45, 2.75) is 135 Å². The average molecular weight is 559 g/mol. The maximum absolute atomic E-state index is 12.9. The van der Waals surface area contributed by atoms with Crippen molar-refractivity contribution in [2.24, 2.45) is 11.7 Å². The molecule has 0 spiro atoms. The molecule has 0 aromatic heterocycles. The van der Waals surface area contributed by atoms with Gasteiger partial charge < -0.3 is 41.7 Å². The van der Waals surface area contributed by atoms with Gasteiger partial charge in [0.2, 0.25) is 17.7 Å². The summed E-state index contributed by atoms with van der Waals surface area (Å²) in [5.41, 5.74) is 6.07. The Kier molecular flexibility index (Phi) is 16.4. The van der Waals surface area contributed by atoms with Crippen molar-refractivity contribution in [3.8, 4) is 0 Å². The molecule has 0 aromatic rings. The van der Waals surface area contributed by atoms with Crippen LogP contribution >= 0.6 is 0 Å². The van der Waals surface area contributed by atoms with E-state index >= 15 is 0 Å². The van der Waals surface area contributed by atoms with Crippen LogP contribution in [0.1, 0.15) is 91.9 Å². The van der Waals surface area contributed by atoms with Crippen molar-refractivity contribution in [1.29, 1.82) is 0 Å². The van der Waals surface area contributed by atoms with Gasteiger partial charge in [0.1, 0.15) is 24.4 Å². The second-order valence-electron chi connectivity index (χ2n) is 10.7. The monoisotopic (exact) mass is 558 g/mol. The molecule has 12 heteroatoms. The maximum Gasteiger partial charge on any atom is 0.237 e. The van der Waals surface area contributed by atoms with Gasteiger partial charge in [-0.15, -0.1) is 0 Å². The summed E-state index contributed by atoms with van der Waals surface area (Å²) in [5, 5.41) is 37.5. The summed E-state index contributed by atoms with van der Waals surface area (Å²) in [6, 6.07) is -3.17. The first-order valence-corrected chi connectivity index (χ1v) is 14.2. The molecule has 1 aliphatic rings. The lowest BCUT2D eigenvalue weighted by Gasteiger charge is -2.42. The fourth-order valence-corrected chi connectivity index (χ4v) is 4.57. The highest BCUT2D eigenvalue weighted by atomic mass is 16.5. The number of nitrogens with two attached hydrogens (primary N) is 1. The molecule has 0 radical (unpaired) electrons. The predicted octanol–water partition coefficient (Wildman–Crippen LogP) is 0.00440. The highest BCUT2D eigenvalue weighted by Gasteiger charge is 2.45. The quantitative estimate of drug-likeness (QED) is 0.113. The summed E-state index contributed by atoms with van der Waals surface area (Å²) < 4.78 is 5.50. The minimum absolute atomic E-state index is 0.357. The molecular formula is C27H50N4O8. The van der Waals surface area contributed by atoms with Gasteiger partial charge >= 0.3 is 0 Å². The molecule has 8 N–H and O–H groups in total. The van der Waals surface area contributed by atoms with E-state index in [1.54, 1.807) is 13.8 Å². The zero-order valence-electron chi connectivity index (χ0n) is 23.9. The fourth-order valence-electron chi connectivity index (χ4n) is 4.57. The van der Waals surface area contributed by atoms with Gasteiger partial charge in [-0.3, -0.25) is 19.2 Å². The Balaban J connectivity index is 2.73. The van der Waals surface area contributed by atoms with E-state index in [4.69, 9.17) is 10.5 Å². The molecule has 1 fully saturated rings. The minimum atomic E-state index is -1.53. The number of unbranched alkanes of at least 4 members (excludes halogenated alkanes) is 7. The van der Waals surface area contributed by atoms with E-state index in [1.165, 1.54) is 32.6 Å². The van der Waals surface area contributed by atoms with E-state index in [-0.39, 0.29) is 5.78 Å². The molecule has 3 amide bonds. The van der Waals surface area contributed by atoms with Gasteiger partial charge in [-0.25, -0.2) is 0 Å². The molecule has 1 aliphatic heterocycles. The zero-order valence-corrected chi connectivity index (χ0v) is 23.9. The molecule has 12 nitrogen and oxygen atoms in total. The van der Waals surface area contributed by atoms with Crippen molar-refractivity contribution in [3.63, 3.8) is 0 Å². The van der Waals surface area contributed by atoms with E-state index in [9.17, 15) is 34.5 Å². The van der Waals surface area contributed by atoms with Crippen LogP contribution in [-0.4, -0.2) is 88.1 Å². The average Bonchev–Trinajstić information content (AvgIpc) is 2.88. The number of hydrogen-bond donors (Lipinski definition) is 7. The van der Waals surface area contributed by atoms with Gasteiger partial charge in [-0.05, 0) is 6.42 Å². The van der Waals surface area contributed by atoms with Gasteiger partial charge in [0.15, 0.2) is 12.0 Å². The Morgan fingerprint density at radius 1 is 0.923 bits per heavy atom. The molecule has 7 atom stereocenters. The number of carbonyl (C=O) groups excluding carboxylic acids is 4. The molecule has 0 bridgehead atoms. The largest absolute Gasteiger partial charge is 0.394 e. The Morgan fingerprint density at radius 3 is 2.05 bits per heavy atom. The van der Waals surface area contributed by atoms with Crippen molar-refractivity contribution < 1.29 is 39.2 Å². The molecule has 1 rings (SSSR count). The molecule has 0 saturated carbocycles. The van der Waals surface area contributed by atoms with Crippen LogP contribution in [0.2, 0.25) is 0 Å². The number of aliphatic hydroxyl groups is 3. The molecule has 0 aromatic carbocycles. The number of hydrogen-bond acceptors (Lipinski definition) is 9. The molecule has 0 aliphatic carbocycles. The molecule has 1 saturated heterocycles. The Morgan fingerprint density at radius 2 is 1.51 bits per heavy atom. The fraction of sp³-hybridized carbons (Fsp3) is 0.852. The molecule has 4 unspecified atom stereocenters. The SMILES string of the molecule is CCCCCCCCCCC(N)C(=O)NC(CC(=O)N[C@@H]1OC(CO)[C@@H](O)[C@H](O)C1NC(C)=O)C(=O)C(C)C. The summed E-state index contributed by atoms with van der Waals surface area (Å²) in [6.45, 7) is 6.04. The lowest BCUT2D eigenvalue weighted by molar-refractivity contribution is -0.203. The van der Waals surface area contributed by atoms with Crippen LogP contribution in [0.25, 0.3) is 0 Å². The van der Waals surface area contributed by atoms with E-state index in [0.717, 1.165) is 25.7 Å². The number of Topliss-reactive ketones (excluding diaryl/α,β-unsaturated/α-hetero) is 1. The smallest absolute Gasteiger partial charge is 0.237 e. The molecular weight excluding hydrogens is 508 g/mol. The summed E-state index contributed by atoms with van der Waals surface area (Å²) in [4.78, 5) is 50.1. The summed E-state index contributed by atoms with van der Waals surface area (Å²) in [7, 11) is 0. The third kappa shape index (κ3) is 12.3. The second kappa shape index (κ2) is 18.3. The van der Waals surface area contributed by atoms with Crippen LogP contribution < -0.4 is 21.7 Å². The first-order chi connectivity index (χ1) is 18.4. The van der Waals surface area contributed by atoms with Gasteiger partial charge in [0, 0.05) is 12.8 Å². The molecule has 1 heterocycles. The zero-order chi connectivity index (χ0) is 29.5. The molecule has 39 heavy (non-hydrogen) atoms. The number of rotatable bonds is 18. The number of nitrogens with one attached hydrogen (secondary N) is 3. The number of ketones is 1. The lowest BCUT2D eigenvalue weighted by Crippen LogP contribution is -2.68. The van der Waals surface area contributed by atoms with Gasteiger partial charge in [0.25, 0.3) is 0 Å². The minimum Gasteiger partial charge on any atom is -0.394 e. The van der Waals surface area contributed by atoms with Crippen molar-refractivity contribution >= 4 is 23.5 Å². The summed E-state index contributed by atoms with van der Waals surface area (Å²) >= 11 is 0. The van der Waals surface area contributed by atoms with E-state index in [1.807, 2.05) is 0 Å². The van der Waals surface area contributed by atoms with Crippen LogP contribution in [0.3, 0.4) is 0 Å². The number of aliphatic hydroxyl groups excluding tert-OH is 3. The summed E-state index contributed by atoms with van der Waals surface area (Å²) in [6.07, 6.45) is 3.38. The van der Waals surface area contributed by atoms with Crippen LogP contribution in [0.5, 0.6) is 0 Å². The number of carbonyl (C=O) groups is 4. The van der Waals surface area contributed by atoms with Crippen molar-refractivity contribution in [2.75, 3.05) is 6.61 Å². The topological polar surface area (TPSA) is 200 Å². The van der Waals surface area contributed by atoms with Gasteiger partial charge in [-0.1, -0.05) is 72.1 Å². The third-order valence-corrected chi connectivity index (χ3v) is 6.92. The Labute approximate surface area is 231 Å². The number of amides is 3. The predicted molar refractivity (Wildman–Crippen MR) is 145 cm³/mol. The van der Waals surface area contributed by atoms with Crippen LogP contribution in [0.4, 0.5) is 0 Å².